The summed E-state index contributed by atoms with van der Waals surface area (Å²) < 4.78 is 5.81. The highest BCUT2D eigenvalue weighted by atomic mass is 16.5. The van der Waals surface area contributed by atoms with Crippen LogP contribution in [0, 0.1) is 0 Å². The van der Waals surface area contributed by atoms with E-state index in [-0.39, 0.29) is 6.10 Å². The van der Waals surface area contributed by atoms with Crippen LogP contribution in [0.2, 0.25) is 0 Å². The molecule has 0 N–H and O–H groups in total. The van der Waals surface area contributed by atoms with Gasteiger partial charge in [0, 0.05) is 44.3 Å². The van der Waals surface area contributed by atoms with E-state index >= 15 is 0 Å². The van der Waals surface area contributed by atoms with E-state index in [1.165, 1.54) is 5.56 Å². The molecule has 0 spiro atoms. The zero-order valence-electron chi connectivity index (χ0n) is 10.6. The Balaban J connectivity index is 1.65. The third-order valence-electron chi connectivity index (χ3n) is 3.16. The Labute approximate surface area is 112 Å². The van der Waals surface area contributed by atoms with E-state index in [1.54, 1.807) is 18.6 Å². The number of anilines is 1. The Morgan fingerprint density at radius 3 is 2.89 bits per heavy atom. The van der Waals surface area contributed by atoms with Crippen LogP contribution in [0.1, 0.15) is 5.56 Å². The molecule has 0 unspecified atom stereocenters. The molecule has 1 atom stereocenters. The summed E-state index contributed by atoms with van der Waals surface area (Å²) >= 11 is 0. The van der Waals surface area contributed by atoms with Gasteiger partial charge in [-0.2, -0.15) is 0 Å². The summed E-state index contributed by atoms with van der Waals surface area (Å²) in [6, 6.07) is 5.86. The number of aromatic nitrogens is 3. The van der Waals surface area contributed by atoms with Gasteiger partial charge in [0.2, 0.25) is 5.95 Å². The van der Waals surface area contributed by atoms with Gasteiger partial charge in [-0.25, -0.2) is 9.97 Å². The maximum absolute atomic E-state index is 5.81. The Morgan fingerprint density at radius 1 is 1.21 bits per heavy atom. The van der Waals surface area contributed by atoms with Crippen molar-refractivity contribution in [2.45, 2.75) is 12.5 Å². The normalized spacial score (nSPS) is 19.4. The van der Waals surface area contributed by atoms with Gasteiger partial charge >= 0.3 is 0 Å². The van der Waals surface area contributed by atoms with E-state index in [2.05, 4.69) is 25.9 Å². The molecule has 98 valence electrons. The summed E-state index contributed by atoms with van der Waals surface area (Å²) in [5, 5.41) is 0. The van der Waals surface area contributed by atoms with E-state index in [1.807, 2.05) is 18.3 Å². The smallest absolute Gasteiger partial charge is 0.225 e. The monoisotopic (exact) mass is 256 g/mol. The average Bonchev–Trinajstić information content (AvgIpc) is 2.49. The van der Waals surface area contributed by atoms with Gasteiger partial charge in [0.05, 0.1) is 12.7 Å². The lowest BCUT2D eigenvalue weighted by molar-refractivity contribution is 0.0405. The standard InChI is InChI=1S/C14H16N4O/c1-3-12(10-15-4-1)9-13-11-18(7-8-19-13)14-16-5-2-6-17-14/h1-6,10,13H,7-9,11H2/t13-/m1/s1. The summed E-state index contributed by atoms with van der Waals surface area (Å²) in [6.07, 6.45) is 8.26. The zero-order valence-corrected chi connectivity index (χ0v) is 10.6. The van der Waals surface area contributed by atoms with Crippen molar-refractivity contribution < 1.29 is 4.74 Å². The fraction of sp³-hybridized carbons (Fsp3) is 0.357. The minimum atomic E-state index is 0.168. The van der Waals surface area contributed by atoms with E-state index in [0.29, 0.717) is 6.61 Å². The quantitative estimate of drug-likeness (QED) is 0.829. The molecule has 1 fully saturated rings. The molecule has 1 saturated heterocycles. The van der Waals surface area contributed by atoms with E-state index in [4.69, 9.17) is 4.74 Å². The van der Waals surface area contributed by atoms with Crippen LogP contribution < -0.4 is 4.90 Å². The molecular weight excluding hydrogens is 240 g/mol. The zero-order chi connectivity index (χ0) is 12.9. The van der Waals surface area contributed by atoms with Crippen LogP contribution in [0.3, 0.4) is 0 Å². The average molecular weight is 256 g/mol. The second kappa shape index (κ2) is 5.75. The maximum Gasteiger partial charge on any atom is 0.225 e. The summed E-state index contributed by atoms with van der Waals surface area (Å²) in [5.74, 6) is 0.780. The fourth-order valence-corrected chi connectivity index (χ4v) is 2.26. The first-order valence-electron chi connectivity index (χ1n) is 6.44. The van der Waals surface area contributed by atoms with Gasteiger partial charge in [0.1, 0.15) is 0 Å². The minimum absolute atomic E-state index is 0.168. The van der Waals surface area contributed by atoms with Gasteiger partial charge in [-0.15, -0.1) is 0 Å². The molecule has 5 nitrogen and oxygen atoms in total. The molecule has 0 aliphatic carbocycles. The van der Waals surface area contributed by atoms with Gasteiger partial charge in [0.25, 0.3) is 0 Å². The van der Waals surface area contributed by atoms with E-state index in [0.717, 1.165) is 25.5 Å². The number of hydrogen-bond donors (Lipinski definition) is 0. The van der Waals surface area contributed by atoms with Crippen molar-refractivity contribution in [3.63, 3.8) is 0 Å². The molecule has 0 radical (unpaired) electrons. The number of morpholine rings is 1. The first-order valence-corrected chi connectivity index (χ1v) is 6.44. The molecule has 0 saturated carbocycles. The second-order valence-electron chi connectivity index (χ2n) is 4.55. The molecule has 5 heteroatoms. The summed E-state index contributed by atoms with van der Waals surface area (Å²) in [6.45, 7) is 2.37. The molecule has 2 aromatic rings. The van der Waals surface area contributed by atoms with Gasteiger partial charge in [-0.1, -0.05) is 6.07 Å². The van der Waals surface area contributed by atoms with Gasteiger partial charge < -0.3 is 9.64 Å². The Bertz CT molecular complexity index is 505. The molecule has 1 aliphatic rings. The Hall–Kier alpha value is -2.01. The van der Waals surface area contributed by atoms with Crippen LogP contribution >= 0.6 is 0 Å². The van der Waals surface area contributed by atoms with Crippen molar-refractivity contribution in [1.29, 1.82) is 0 Å². The lowest BCUT2D eigenvalue weighted by atomic mass is 10.1. The largest absolute Gasteiger partial charge is 0.374 e. The van der Waals surface area contributed by atoms with Crippen LogP contribution in [-0.2, 0) is 11.2 Å². The minimum Gasteiger partial charge on any atom is -0.374 e. The van der Waals surface area contributed by atoms with E-state index in [9.17, 15) is 0 Å². The molecule has 3 rings (SSSR count). The van der Waals surface area contributed by atoms with Crippen molar-refractivity contribution in [3.05, 3.63) is 48.5 Å². The number of hydrogen-bond acceptors (Lipinski definition) is 5. The van der Waals surface area contributed by atoms with Crippen LogP contribution in [-0.4, -0.2) is 40.8 Å². The summed E-state index contributed by atoms with van der Waals surface area (Å²) in [7, 11) is 0. The highest BCUT2D eigenvalue weighted by Crippen LogP contribution is 2.14. The molecular formula is C14H16N4O. The van der Waals surface area contributed by atoms with Crippen LogP contribution in [0.4, 0.5) is 5.95 Å². The third kappa shape index (κ3) is 3.06. The molecule has 3 heterocycles. The van der Waals surface area contributed by atoms with Crippen molar-refractivity contribution in [3.8, 4) is 0 Å². The van der Waals surface area contributed by atoms with Crippen LogP contribution in [0.25, 0.3) is 0 Å². The Morgan fingerprint density at radius 2 is 2.11 bits per heavy atom. The van der Waals surface area contributed by atoms with Crippen molar-refractivity contribution >= 4 is 5.95 Å². The number of pyridine rings is 1. The number of rotatable bonds is 3. The third-order valence-corrected chi connectivity index (χ3v) is 3.16. The number of nitrogens with zero attached hydrogens (tertiary/aromatic N) is 4. The van der Waals surface area contributed by atoms with Gasteiger partial charge in [-0.3, -0.25) is 4.98 Å². The second-order valence-corrected chi connectivity index (χ2v) is 4.55. The van der Waals surface area contributed by atoms with Crippen LogP contribution in [0.15, 0.2) is 43.0 Å². The predicted molar refractivity (Wildman–Crippen MR) is 71.9 cm³/mol. The molecule has 0 amide bonds. The summed E-state index contributed by atoms with van der Waals surface area (Å²) in [5.41, 5.74) is 1.20. The molecule has 2 aromatic heterocycles. The van der Waals surface area contributed by atoms with Crippen molar-refractivity contribution in [1.82, 2.24) is 15.0 Å². The Kier molecular flexibility index (Phi) is 3.65. The lowest BCUT2D eigenvalue weighted by Crippen LogP contribution is -2.44. The fourth-order valence-electron chi connectivity index (χ4n) is 2.26. The predicted octanol–water partition coefficient (Wildman–Crippen LogP) is 1.32. The first kappa shape index (κ1) is 12.0. The van der Waals surface area contributed by atoms with Crippen LogP contribution in [0.5, 0.6) is 0 Å². The summed E-state index contributed by atoms with van der Waals surface area (Å²) in [4.78, 5) is 14.9. The maximum atomic E-state index is 5.81. The molecule has 0 aromatic carbocycles. The highest BCUT2D eigenvalue weighted by molar-refractivity contribution is 5.29. The van der Waals surface area contributed by atoms with Gasteiger partial charge in [0.15, 0.2) is 0 Å². The van der Waals surface area contributed by atoms with E-state index < -0.39 is 0 Å². The molecule has 19 heavy (non-hydrogen) atoms. The molecule has 1 aliphatic heterocycles. The lowest BCUT2D eigenvalue weighted by Gasteiger charge is -2.32. The first-order chi connectivity index (χ1) is 9.42. The van der Waals surface area contributed by atoms with Crippen molar-refractivity contribution in [2.24, 2.45) is 0 Å². The topological polar surface area (TPSA) is 51.1 Å². The molecule has 0 bridgehead atoms. The SMILES string of the molecule is c1cnc(N2CCO[C@H](Cc3cccnc3)C2)nc1. The van der Waals surface area contributed by atoms with Crippen molar-refractivity contribution in [2.75, 3.05) is 24.6 Å². The van der Waals surface area contributed by atoms with Gasteiger partial charge in [-0.05, 0) is 17.7 Å². The highest BCUT2D eigenvalue weighted by Gasteiger charge is 2.22. The number of ether oxygens (including phenoxy) is 1.